The average Bonchev–Trinajstić information content (AvgIpc) is 2.45. The van der Waals surface area contributed by atoms with Crippen LogP contribution in [0.15, 0.2) is 42.5 Å². The Hall–Kier alpha value is -2.36. The lowest BCUT2D eigenvalue weighted by Gasteiger charge is -2.16. The van der Waals surface area contributed by atoms with Crippen molar-refractivity contribution in [2.75, 3.05) is 10.6 Å². The minimum absolute atomic E-state index is 0.131. The van der Waals surface area contributed by atoms with Gasteiger partial charge in [0, 0.05) is 11.4 Å². The number of anilines is 2. The smallest absolute Gasteiger partial charge is 0.246 e. The van der Waals surface area contributed by atoms with Crippen molar-refractivity contribution in [3.8, 4) is 0 Å². The monoisotopic (exact) mass is 286 g/mol. The zero-order valence-electron chi connectivity index (χ0n) is 12.4. The van der Waals surface area contributed by atoms with Gasteiger partial charge in [0.25, 0.3) is 0 Å². The van der Waals surface area contributed by atoms with Crippen LogP contribution in [0.5, 0.6) is 0 Å². The maximum Gasteiger partial charge on any atom is 0.246 e. The number of carbonyl (C=O) groups is 1. The molecule has 0 aromatic heterocycles. The second kappa shape index (κ2) is 6.39. The van der Waals surface area contributed by atoms with Crippen molar-refractivity contribution in [3.05, 3.63) is 59.4 Å². The van der Waals surface area contributed by atoms with Gasteiger partial charge >= 0.3 is 0 Å². The van der Waals surface area contributed by atoms with Crippen molar-refractivity contribution in [2.45, 2.75) is 26.8 Å². The number of amides is 1. The highest BCUT2D eigenvalue weighted by Crippen LogP contribution is 2.17. The van der Waals surface area contributed by atoms with Crippen molar-refractivity contribution < 1.29 is 9.18 Å². The summed E-state index contributed by atoms with van der Waals surface area (Å²) in [5.74, 6) is -0.430. The molecule has 2 aromatic rings. The van der Waals surface area contributed by atoms with Crippen LogP contribution in [0.4, 0.5) is 15.8 Å². The summed E-state index contributed by atoms with van der Waals surface area (Å²) in [4.78, 5) is 12.2. The SMILES string of the molecule is Cc1ccc(C)c(NC(=O)C(C)Nc2ccc(F)cc2)c1. The van der Waals surface area contributed by atoms with Crippen LogP contribution in [0.1, 0.15) is 18.1 Å². The molecule has 0 saturated heterocycles. The van der Waals surface area contributed by atoms with Gasteiger partial charge < -0.3 is 10.6 Å². The van der Waals surface area contributed by atoms with Crippen molar-refractivity contribution >= 4 is 17.3 Å². The number of aryl methyl sites for hydroxylation is 2. The number of rotatable bonds is 4. The number of hydrogen-bond acceptors (Lipinski definition) is 2. The van der Waals surface area contributed by atoms with E-state index in [1.165, 1.54) is 12.1 Å². The van der Waals surface area contributed by atoms with Crippen molar-refractivity contribution in [1.82, 2.24) is 0 Å². The summed E-state index contributed by atoms with van der Waals surface area (Å²) >= 11 is 0. The van der Waals surface area contributed by atoms with E-state index in [9.17, 15) is 9.18 Å². The summed E-state index contributed by atoms with van der Waals surface area (Å²) in [6.45, 7) is 5.70. The lowest BCUT2D eigenvalue weighted by molar-refractivity contribution is -0.116. The summed E-state index contributed by atoms with van der Waals surface area (Å²) in [5, 5.41) is 5.95. The van der Waals surface area contributed by atoms with Crippen LogP contribution in [0.3, 0.4) is 0 Å². The van der Waals surface area contributed by atoms with Gasteiger partial charge in [-0.3, -0.25) is 4.79 Å². The average molecular weight is 286 g/mol. The van der Waals surface area contributed by atoms with E-state index in [1.54, 1.807) is 19.1 Å². The number of halogens is 1. The van der Waals surface area contributed by atoms with Gasteiger partial charge in [0.2, 0.25) is 5.91 Å². The first-order valence-electron chi connectivity index (χ1n) is 6.86. The first-order chi connectivity index (χ1) is 9.95. The zero-order chi connectivity index (χ0) is 15.4. The summed E-state index contributed by atoms with van der Waals surface area (Å²) in [6.07, 6.45) is 0. The molecule has 4 heteroatoms. The molecule has 0 heterocycles. The fourth-order valence-corrected chi connectivity index (χ4v) is 1.97. The highest BCUT2D eigenvalue weighted by molar-refractivity contribution is 5.96. The van der Waals surface area contributed by atoms with Gasteiger partial charge in [0.15, 0.2) is 0 Å². The van der Waals surface area contributed by atoms with Crippen LogP contribution in [-0.4, -0.2) is 11.9 Å². The molecule has 1 atom stereocenters. The van der Waals surface area contributed by atoms with Crippen LogP contribution in [0, 0.1) is 19.7 Å². The van der Waals surface area contributed by atoms with Gasteiger partial charge in [-0.1, -0.05) is 12.1 Å². The predicted octanol–water partition coefficient (Wildman–Crippen LogP) is 3.88. The molecule has 1 amide bonds. The molecular weight excluding hydrogens is 267 g/mol. The van der Waals surface area contributed by atoms with E-state index in [-0.39, 0.29) is 11.7 Å². The summed E-state index contributed by atoms with van der Waals surface area (Å²) in [7, 11) is 0. The van der Waals surface area contributed by atoms with Gasteiger partial charge in [0.1, 0.15) is 11.9 Å². The molecule has 0 bridgehead atoms. The van der Waals surface area contributed by atoms with E-state index < -0.39 is 6.04 Å². The molecule has 0 radical (unpaired) electrons. The van der Waals surface area contributed by atoms with Gasteiger partial charge in [-0.15, -0.1) is 0 Å². The van der Waals surface area contributed by atoms with Crippen LogP contribution in [0.2, 0.25) is 0 Å². The lowest BCUT2D eigenvalue weighted by atomic mass is 10.1. The quantitative estimate of drug-likeness (QED) is 0.895. The molecule has 3 nitrogen and oxygen atoms in total. The molecule has 0 spiro atoms. The third kappa shape index (κ3) is 4.05. The van der Waals surface area contributed by atoms with E-state index in [4.69, 9.17) is 0 Å². The Morgan fingerprint density at radius 1 is 1.10 bits per heavy atom. The van der Waals surface area contributed by atoms with Crippen LogP contribution < -0.4 is 10.6 Å². The Morgan fingerprint density at radius 2 is 1.76 bits per heavy atom. The van der Waals surface area contributed by atoms with E-state index in [2.05, 4.69) is 10.6 Å². The molecule has 1 unspecified atom stereocenters. The molecule has 0 saturated carbocycles. The number of carbonyl (C=O) groups excluding carboxylic acids is 1. The normalized spacial score (nSPS) is 11.8. The van der Waals surface area contributed by atoms with E-state index in [0.29, 0.717) is 5.69 Å². The Kier molecular flexibility index (Phi) is 4.58. The summed E-state index contributed by atoms with van der Waals surface area (Å²) in [6, 6.07) is 11.4. The molecule has 0 aliphatic heterocycles. The second-order valence-electron chi connectivity index (χ2n) is 5.18. The van der Waals surface area contributed by atoms with Crippen molar-refractivity contribution in [2.24, 2.45) is 0 Å². The first-order valence-corrected chi connectivity index (χ1v) is 6.86. The van der Waals surface area contributed by atoms with E-state index in [1.807, 2.05) is 32.0 Å². The Balaban J connectivity index is 2.02. The maximum atomic E-state index is 12.8. The van der Waals surface area contributed by atoms with Crippen LogP contribution >= 0.6 is 0 Å². The minimum Gasteiger partial charge on any atom is -0.374 e. The molecule has 2 N–H and O–H groups in total. The van der Waals surface area contributed by atoms with Crippen molar-refractivity contribution in [1.29, 1.82) is 0 Å². The molecule has 0 aliphatic rings. The molecular formula is C17H19FN2O. The molecule has 110 valence electrons. The van der Waals surface area contributed by atoms with Crippen LogP contribution in [-0.2, 0) is 4.79 Å². The third-order valence-electron chi connectivity index (χ3n) is 3.27. The fraction of sp³-hybridized carbons (Fsp3) is 0.235. The maximum absolute atomic E-state index is 12.8. The largest absolute Gasteiger partial charge is 0.374 e. The van der Waals surface area contributed by atoms with Crippen molar-refractivity contribution in [3.63, 3.8) is 0 Å². The summed E-state index contributed by atoms with van der Waals surface area (Å²) < 4.78 is 12.8. The molecule has 0 fully saturated rings. The van der Waals surface area contributed by atoms with E-state index in [0.717, 1.165) is 16.8 Å². The van der Waals surface area contributed by atoms with Gasteiger partial charge in [0.05, 0.1) is 0 Å². The van der Waals surface area contributed by atoms with Crippen LogP contribution in [0.25, 0.3) is 0 Å². The third-order valence-corrected chi connectivity index (χ3v) is 3.27. The number of benzene rings is 2. The highest BCUT2D eigenvalue weighted by Gasteiger charge is 2.13. The lowest BCUT2D eigenvalue weighted by Crippen LogP contribution is -2.32. The highest BCUT2D eigenvalue weighted by atomic mass is 19.1. The van der Waals surface area contributed by atoms with E-state index >= 15 is 0 Å². The molecule has 21 heavy (non-hydrogen) atoms. The molecule has 2 rings (SSSR count). The number of hydrogen-bond donors (Lipinski definition) is 2. The fourth-order valence-electron chi connectivity index (χ4n) is 1.97. The Labute approximate surface area is 124 Å². The second-order valence-corrected chi connectivity index (χ2v) is 5.18. The van der Waals surface area contributed by atoms with Gasteiger partial charge in [-0.25, -0.2) is 4.39 Å². The Morgan fingerprint density at radius 3 is 2.43 bits per heavy atom. The topological polar surface area (TPSA) is 41.1 Å². The number of nitrogens with one attached hydrogen (secondary N) is 2. The minimum atomic E-state index is -0.421. The zero-order valence-corrected chi connectivity index (χ0v) is 12.4. The molecule has 0 aliphatic carbocycles. The van der Waals surface area contributed by atoms with Gasteiger partial charge in [-0.2, -0.15) is 0 Å². The Bertz CT molecular complexity index is 638. The standard InChI is InChI=1S/C17H19FN2O/c1-11-4-5-12(2)16(10-11)20-17(21)13(3)19-15-8-6-14(18)7-9-15/h4-10,13,19H,1-3H3,(H,20,21). The first kappa shape index (κ1) is 15.0. The summed E-state index contributed by atoms with van der Waals surface area (Å²) in [5.41, 5.74) is 3.63. The predicted molar refractivity (Wildman–Crippen MR) is 84.0 cm³/mol. The molecule has 2 aromatic carbocycles. The van der Waals surface area contributed by atoms with Gasteiger partial charge in [-0.05, 0) is 62.2 Å².